The quantitative estimate of drug-likeness (QED) is 0.720. The lowest BCUT2D eigenvalue weighted by molar-refractivity contribution is -0.184. The van der Waals surface area contributed by atoms with E-state index in [0.29, 0.717) is 0 Å². The van der Waals surface area contributed by atoms with Gasteiger partial charge in [0, 0.05) is 0 Å². The highest BCUT2D eigenvalue weighted by Gasteiger charge is 2.53. The summed E-state index contributed by atoms with van der Waals surface area (Å²) in [7, 11) is 1.64. The van der Waals surface area contributed by atoms with Crippen molar-refractivity contribution in [3.63, 3.8) is 0 Å². The fraction of sp³-hybridized carbons (Fsp3) is 0.417. The molecule has 1 aliphatic heterocycles. The average Bonchev–Trinajstić information content (AvgIpc) is 2.66. The minimum absolute atomic E-state index is 0.180. The summed E-state index contributed by atoms with van der Waals surface area (Å²) in [6, 6.07) is 13.8. The third-order valence-electron chi connectivity index (χ3n) is 5.46. The minimum Gasteiger partial charge on any atom is -0.497 e. The molecule has 0 unspecified atom stereocenters. The molecule has 0 radical (unpaired) electrons. The van der Waals surface area contributed by atoms with Gasteiger partial charge in [0.05, 0.1) is 7.11 Å². The van der Waals surface area contributed by atoms with E-state index in [0.717, 1.165) is 34.4 Å². The molecule has 3 rings (SSSR count). The summed E-state index contributed by atoms with van der Waals surface area (Å²) >= 11 is 0. The number of methoxy groups -OCH3 is 1. The van der Waals surface area contributed by atoms with E-state index in [1.165, 1.54) is 0 Å². The SMILES string of the molecule is CCc1cc(-c2cccc(OC)c2)ccc1C1C(=O)C(C)(C)OC(C)(C)C1=O. The number of carbonyl (C=O) groups is 2. The fourth-order valence-electron chi connectivity index (χ4n) is 4.01. The standard InChI is InChI=1S/C24H28O4/c1-7-15-13-17(16-9-8-10-18(14-16)27-6)11-12-19(15)20-21(25)23(2,3)28-24(4,5)22(20)26/h8-14,20H,7H2,1-6H3. The molecule has 0 amide bonds. The van der Waals surface area contributed by atoms with Crippen molar-refractivity contribution in [1.82, 2.24) is 0 Å². The third kappa shape index (κ3) is 3.49. The van der Waals surface area contributed by atoms with E-state index in [1.54, 1.807) is 34.8 Å². The molecule has 1 saturated heterocycles. The van der Waals surface area contributed by atoms with Crippen molar-refractivity contribution >= 4 is 11.6 Å². The van der Waals surface area contributed by atoms with Gasteiger partial charge in [0.15, 0.2) is 11.6 Å². The summed E-state index contributed by atoms with van der Waals surface area (Å²) in [4.78, 5) is 26.2. The number of carbonyl (C=O) groups excluding carboxylic acids is 2. The first-order valence-electron chi connectivity index (χ1n) is 9.66. The first kappa shape index (κ1) is 20.3. The molecular formula is C24H28O4. The van der Waals surface area contributed by atoms with Crippen LogP contribution in [-0.4, -0.2) is 29.9 Å². The summed E-state index contributed by atoms with van der Waals surface area (Å²) in [6.07, 6.45) is 0.728. The summed E-state index contributed by atoms with van der Waals surface area (Å²) < 4.78 is 11.1. The first-order chi connectivity index (χ1) is 13.1. The molecule has 1 heterocycles. The molecule has 1 aliphatic rings. The van der Waals surface area contributed by atoms with Crippen LogP contribution in [0.4, 0.5) is 0 Å². The maximum Gasteiger partial charge on any atom is 0.179 e. The number of rotatable bonds is 4. The molecule has 0 N–H and O–H groups in total. The molecule has 1 fully saturated rings. The van der Waals surface area contributed by atoms with E-state index >= 15 is 0 Å². The predicted molar refractivity (Wildman–Crippen MR) is 110 cm³/mol. The average molecular weight is 380 g/mol. The van der Waals surface area contributed by atoms with Crippen molar-refractivity contribution in [1.29, 1.82) is 0 Å². The second-order valence-electron chi connectivity index (χ2n) is 8.28. The molecule has 2 aromatic carbocycles. The Morgan fingerprint density at radius 2 is 1.54 bits per heavy atom. The molecule has 2 aromatic rings. The number of hydrogen-bond donors (Lipinski definition) is 0. The van der Waals surface area contributed by atoms with Gasteiger partial charge >= 0.3 is 0 Å². The first-order valence-corrected chi connectivity index (χ1v) is 9.66. The van der Waals surface area contributed by atoms with Crippen molar-refractivity contribution in [2.75, 3.05) is 7.11 Å². The van der Waals surface area contributed by atoms with Crippen LogP contribution < -0.4 is 4.74 Å². The Labute approximate surface area is 166 Å². The summed E-state index contributed by atoms with van der Waals surface area (Å²) in [5, 5.41) is 0. The van der Waals surface area contributed by atoms with Gasteiger partial charge in [0.2, 0.25) is 0 Å². The maximum absolute atomic E-state index is 13.1. The largest absolute Gasteiger partial charge is 0.497 e. The predicted octanol–water partition coefficient (Wildman–Crippen LogP) is 4.73. The normalized spacial score (nSPS) is 18.9. The van der Waals surface area contributed by atoms with Crippen molar-refractivity contribution in [3.05, 3.63) is 53.6 Å². The Hall–Kier alpha value is -2.46. The van der Waals surface area contributed by atoms with Crippen molar-refractivity contribution in [2.45, 2.75) is 58.2 Å². The second kappa shape index (κ2) is 7.17. The van der Waals surface area contributed by atoms with Gasteiger partial charge in [-0.05, 0) is 68.5 Å². The highest BCUT2D eigenvalue weighted by atomic mass is 16.5. The Bertz CT molecular complexity index is 898. The van der Waals surface area contributed by atoms with Crippen LogP contribution in [0.15, 0.2) is 42.5 Å². The van der Waals surface area contributed by atoms with E-state index in [9.17, 15) is 9.59 Å². The van der Waals surface area contributed by atoms with Crippen LogP contribution >= 0.6 is 0 Å². The zero-order valence-electron chi connectivity index (χ0n) is 17.5. The maximum atomic E-state index is 13.1. The zero-order valence-corrected chi connectivity index (χ0v) is 17.5. The van der Waals surface area contributed by atoms with Crippen LogP contribution in [0.2, 0.25) is 0 Å². The molecule has 0 aliphatic carbocycles. The molecular weight excluding hydrogens is 352 g/mol. The van der Waals surface area contributed by atoms with Crippen LogP contribution in [-0.2, 0) is 20.7 Å². The summed E-state index contributed by atoms with van der Waals surface area (Å²) in [6.45, 7) is 9.01. The smallest absolute Gasteiger partial charge is 0.179 e. The molecule has 0 saturated carbocycles. The molecule has 4 nitrogen and oxygen atoms in total. The van der Waals surface area contributed by atoms with Crippen LogP contribution in [0.5, 0.6) is 5.75 Å². The van der Waals surface area contributed by atoms with Crippen molar-refractivity contribution in [3.8, 4) is 16.9 Å². The van der Waals surface area contributed by atoms with E-state index in [4.69, 9.17) is 9.47 Å². The van der Waals surface area contributed by atoms with Gasteiger partial charge in [0.1, 0.15) is 22.9 Å². The van der Waals surface area contributed by atoms with Gasteiger partial charge in [0.25, 0.3) is 0 Å². The Kier molecular flexibility index (Phi) is 5.20. The minimum atomic E-state index is -1.00. The van der Waals surface area contributed by atoms with Crippen LogP contribution in [0.3, 0.4) is 0 Å². The topological polar surface area (TPSA) is 52.6 Å². The fourth-order valence-corrected chi connectivity index (χ4v) is 4.01. The van der Waals surface area contributed by atoms with Gasteiger partial charge in [-0.3, -0.25) is 9.59 Å². The Balaban J connectivity index is 2.09. The summed E-state index contributed by atoms with van der Waals surface area (Å²) in [5.41, 5.74) is 1.85. The highest BCUT2D eigenvalue weighted by molar-refractivity contribution is 6.15. The van der Waals surface area contributed by atoms with Crippen molar-refractivity contribution < 1.29 is 19.1 Å². The number of Topliss-reactive ketones (excluding diaryl/α,β-unsaturated/α-hetero) is 2. The van der Waals surface area contributed by atoms with Crippen LogP contribution in [0.25, 0.3) is 11.1 Å². The number of benzene rings is 2. The highest BCUT2D eigenvalue weighted by Crippen LogP contribution is 2.40. The van der Waals surface area contributed by atoms with Gasteiger partial charge < -0.3 is 9.47 Å². The third-order valence-corrected chi connectivity index (χ3v) is 5.46. The van der Waals surface area contributed by atoms with E-state index in [-0.39, 0.29) is 11.6 Å². The molecule has 4 heteroatoms. The molecule has 148 valence electrons. The lowest BCUT2D eigenvalue weighted by atomic mass is 9.73. The van der Waals surface area contributed by atoms with Crippen molar-refractivity contribution in [2.24, 2.45) is 0 Å². The van der Waals surface area contributed by atoms with Gasteiger partial charge in [-0.2, -0.15) is 0 Å². The molecule has 0 bridgehead atoms. The monoisotopic (exact) mass is 380 g/mol. The number of ketones is 2. The van der Waals surface area contributed by atoms with Crippen LogP contribution in [0.1, 0.15) is 51.7 Å². The molecule has 0 aromatic heterocycles. The second-order valence-corrected chi connectivity index (χ2v) is 8.28. The van der Waals surface area contributed by atoms with E-state index in [2.05, 4.69) is 6.07 Å². The molecule has 0 spiro atoms. The number of ether oxygens (including phenoxy) is 2. The number of hydrogen-bond acceptors (Lipinski definition) is 4. The zero-order chi connectivity index (χ0) is 20.7. The molecule has 0 atom stereocenters. The van der Waals surface area contributed by atoms with E-state index in [1.807, 2.05) is 43.3 Å². The Morgan fingerprint density at radius 3 is 2.11 bits per heavy atom. The Morgan fingerprint density at radius 1 is 0.929 bits per heavy atom. The van der Waals surface area contributed by atoms with Crippen LogP contribution in [0, 0.1) is 0 Å². The van der Waals surface area contributed by atoms with E-state index < -0.39 is 17.1 Å². The van der Waals surface area contributed by atoms with Gasteiger partial charge in [-0.1, -0.05) is 37.3 Å². The molecule has 28 heavy (non-hydrogen) atoms. The van der Waals surface area contributed by atoms with Gasteiger partial charge in [-0.15, -0.1) is 0 Å². The van der Waals surface area contributed by atoms with Gasteiger partial charge in [-0.25, -0.2) is 0 Å². The number of aryl methyl sites for hydroxylation is 1. The lowest BCUT2D eigenvalue weighted by Crippen LogP contribution is -2.58. The summed E-state index contributed by atoms with van der Waals surface area (Å²) in [5.74, 6) is -0.368. The lowest BCUT2D eigenvalue weighted by Gasteiger charge is -2.43.